The smallest absolute Gasteiger partial charge is 0.308 e. The number of aliphatic carboxylic acids is 1. The Bertz CT molecular complexity index is 580. The maximum absolute atomic E-state index is 12.0. The zero-order valence-corrected chi connectivity index (χ0v) is 12.1. The van der Waals surface area contributed by atoms with Gasteiger partial charge in [0.1, 0.15) is 5.15 Å². The molecule has 1 atom stereocenters. The Balaban J connectivity index is 2.05. The van der Waals surface area contributed by atoms with Gasteiger partial charge in [0, 0.05) is 31.8 Å². The first kappa shape index (κ1) is 14.6. The number of carbonyl (C=O) groups excluding carboxylic acids is 1. The van der Waals surface area contributed by atoms with Crippen molar-refractivity contribution in [3.8, 4) is 0 Å². The molecule has 1 aliphatic rings. The SMILES string of the molecule is Cc1nn(C)c(Cl)c1/C=C/C(=O)N1CCC(C(=O)O)C1. The quantitative estimate of drug-likeness (QED) is 0.854. The van der Waals surface area contributed by atoms with E-state index in [2.05, 4.69) is 5.10 Å². The summed E-state index contributed by atoms with van der Waals surface area (Å²) in [5.41, 5.74) is 1.45. The highest BCUT2D eigenvalue weighted by Gasteiger charge is 2.29. The van der Waals surface area contributed by atoms with Crippen LogP contribution in [-0.4, -0.2) is 44.8 Å². The van der Waals surface area contributed by atoms with Crippen LogP contribution in [-0.2, 0) is 16.6 Å². The van der Waals surface area contributed by atoms with Crippen LogP contribution in [0.5, 0.6) is 0 Å². The van der Waals surface area contributed by atoms with E-state index < -0.39 is 11.9 Å². The zero-order valence-electron chi connectivity index (χ0n) is 11.3. The van der Waals surface area contributed by atoms with E-state index in [0.717, 1.165) is 5.69 Å². The summed E-state index contributed by atoms with van der Waals surface area (Å²) in [6.07, 6.45) is 3.54. The Hall–Kier alpha value is -1.82. The largest absolute Gasteiger partial charge is 0.481 e. The van der Waals surface area contributed by atoms with E-state index in [1.807, 2.05) is 6.92 Å². The number of rotatable bonds is 3. The number of aryl methyl sites for hydroxylation is 2. The van der Waals surface area contributed by atoms with E-state index in [-0.39, 0.29) is 12.5 Å². The van der Waals surface area contributed by atoms with Crippen molar-refractivity contribution >= 4 is 29.6 Å². The van der Waals surface area contributed by atoms with Gasteiger partial charge in [-0.3, -0.25) is 14.3 Å². The van der Waals surface area contributed by atoms with Crippen LogP contribution in [0.15, 0.2) is 6.08 Å². The number of nitrogens with zero attached hydrogens (tertiary/aromatic N) is 3. The van der Waals surface area contributed by atoms with E-state index >= 15 is 0 Å². The van der Waals surface area contributed by atoms with Gasteiger partial charge in [-0.2, -0.15) is 5.10 Å². The Kier molecular flexibility index (Phi) is 4.13. The predicted molar refractivity (Wildman–Crippen MR) is 74.3 cm³/mol. The molecule has 0 bridgehead atoms. The molecular weight excluding hydrogens is 282 g/mol. The molecule has 1 unspecified atom stereocenters. The lowest BCUT2D eigenvalue weighted by Gasteiger charge is -2.12. The topological polar surface area (TPSA) is 75.4 Å². The number of carboxylic acid groups (broad SMARTS) is 1. The van der Waals surface area contributed by atoms with Gasteiger partial charge >= 0.3 is 5.97 Å². The number of carboxylic acids is 1. The van der Waals surface area contributed by atoms with Crippen molar-refractivity contribution < 1.29 is 14.7 Å². The molecule has 0 aliphatic carbocycles. The molecule has 6 nitrogen and oxygen atoms in total. The third-order valence-electron chi connectivity index (χ3n) is 3.44. The first-order chi connectivity index (χ1) is 9.40. The van der Waals surface area contributed by atoms with Crippen molar-refractivity contribution in [3.05, 3.63) is 22.5 Å². The van der Waals surface area contributed by atoms with Gasteiger partial charge in [-0.25, -0.2) is 0 Å². The maximum atomic E-state index is 12.0. The Morgan fingerprint density at radius 1 is 1.50 bits per heavy atom. The first-order valence-corrected chi connectivity index (χ1v) is 6.67. The van der Waals surface area contributed by atoms with E-state index in [4.69, 9.17) is 16.7 Å². The molecule has 1 aromatic heterocycles. The van der Waals surface area contributed by atoms with E-state index in [1.165, 1.54) is 15.7 Å². The molecule has 108 valence electrons. The highest BCUT2D eigenvalue weighted by Crippen LogP contribution is 2.21. The summed E-state index contributed by atoms with van der Waals surface area (Å²) < 4.78 is 1.54. The van der Waals surface area contributed by atoms with Crippen molar-refractivity contribution in [1.29, 1.82) is 0 Å². The average molecular weight is 298 g/mol. The molecule has 2 rings (SSSR count). The van der Waals surface area contributed by atoms with Gasteiger partial charge in [0.25, 0.3) is 0 Å². The van der Waals surface area contributed by atoms with Gasteiger partial charge in [-0.15, -0.1) is 0 Å². The number of hydrogen-bond acceptors (Lipinski definition) is 3. The molecule has 1 fully saturated rings. The second-order valence-electron chi connectivity index (χ2n) is 4.85. The fourth-order valence-electron chi connectivity index (χ4n) is 2.26. The summed E-state index contributed by atoms with van der Waals surface area (Å²) in [4.78, 5) is 24.4. The van der Waals surface area contributed by atoms with Gasteiger partial charge in [0.15, 0.2) is 0 Å². The molecular formula is C13H16ClN3O3. The van der Waals surface area contributed by atoms with Crippen LogP contribution in [0, 0.1) is 12.8 Å². The van der Waals surface area contributed by atoms with Crippen molar-refractivity contribution in [1.82, 2.24) is 14.7 Å². The van der Waals surface area contributed by atoms with Crippen LogP contribution in [0.1, 0.15) is 17.7 Å². The van der Waals surface area contributed by atoms with Crippen LogP contribution in [0.25, 0.3) is 6.08 Å². The van der Waals surface area contributed by atoms with E-state index in [0.29, 0.717) is 23.7 Å². The third-order valence-corrected chi connectivity index (χ3v) is 3.89. The lowest BCUT2D eigenvalue weighted by atomic mass is 10.1. The van der Waals surface area contributed by atoms with Crippen molar-refractivity contribution in [3.63, 3.8) is 0 Å². The summed E-state index contributed by atoms with van der Waals surface area (Å²) in [5, 5.41) is 13.5. The van der Waals surface area contributed by atoms with Gasteiger partial charge in [-0.05, 0) is 19.4 Å². The Morgan fingerprint density at radius 3 is 2.70 bits per heavy atom. The fourth-order valence-corrected chi connectivity index (χ4v) is 2.50. The standard InChI is InChI=1S/C13H16ClN3O3/c1-8-10(12(14)16(2)15-8)3-4-11(18)17-6-5-9(7-17)13(19)20/h3-4,9H,5-7H2,1-2H3,(H,19,20)/b4-3+. The summed E-state index contributed by atoms with van der Waals surface area (Å²) in [5.74, 6) is -1.51. The van der Waals surface area contributed by atoms with Gasteiger partial charge in [0.2, 0.25) is 5.91 Å². The molecule has 0 radical (unpaired) electrons. The average Bonchev–Trinajstić information content (AvgIpc) is 2.95. The zero-order chi connectivity index (χ0) is 14.9. The van der Waals surface area contributed by atoms with Crippen LogP contribution >= 0.6 is 11.6 Å². The first-order valence-electron chi connectivity index (χ1n) is 6.29. The molecule has 7 heteroatoms. The van der Waals surface area contributed by atoms with Gasteiger partial charge < -0.3 is 10.0 Å². The normalized spacial score (nSPS) is 18.9. The summed E-state index contributed by atoms with van der Waals surface area (Å²) in [7, 11) is 1.73. The van der Waals surface area contributed by atoms with Crippen LogP contribution in [0.4, 0.5) is 0 Å². The fraction of sp³-hybridized carbons (Fsp3) is 0.462. The lowest BCUT2D eigenvalue weighted by molar-refractivity contribution is -0.141. The molecule has 20 heavy (non-hydrogen) atoms. The van der Waals surface area contributed by atoms with E-state index in [9.17, 15) is 9.59 Å². The van der Waals surface area contributed by atoms with Gasteiger partial charge in [0.05, 0.1) is 11.6 Å². The Morgan fingerprint density at radius 2 is 2.20 bits per heavy atom. The molecule has 0 saturated carbocycles. The number of halogens is 1. The third kappa shape index (κ3) is 2.85. The predicted octanol–water partition coefficient (Wildman–Crippen LogP) is 1.33. The Labute approximate surface area is 121 Å². The summed E-state index contributed by atoms with van der Waals surface area (Å²) >= 11 is 6.07. The van der Waals surface area contributed by atoms with Crippen molar-refractivity contribution in [2.24, 2.45) is 13.0 Å². The molecule has 1 saturated heterocycles. The van der Waals surface area contributed by atoms with Crippen molar-refractivity contribution in [2.45, 2.75) is 13.3 Å². The number of hydrogen-bond donors (Lipinski definition) is 1. The number of likely N-dealkylation sites (tertiary alicyclic amines) is 1. The van der Waals surface area contributed by atoms with Crippen molar-refractivity contribution in [2.75, 3.05) is 13.1 Å². The highest BCUT2D eigenvalue weighted by molar-refractivity contribution is 6.31. The molecule has 0 aromatic carbocycles. The highest BCUT2D eigenvalue weighted by atomic mass is 35.5. The number of aromatic nitrogens is 2. The van der Waals surface area contributed by atoms with Crippen LogP contribution in [0.2, 0.25) is 5.15 Å². The number of amides is 1. The van der Waals surface area contributed by atoms with Crippen LogP contribution < -0.4 is 0 Å². The number of carbonyl (C=O) groups is 2. The minimum Gasteiger partial charge on any atom is -0.481 e. The van der Waals surface area contributed by atoms with E-state index in [1.54, 1.807) is 13.1 Å². The molecule has 2 heterocycles. The second kappa shape index (κ2) is 5.66. The minimum atomic E-state index is -0.851. The minimum absolute atomic E-state index is 0.201. The van der Waals surface area contributed by atoms with Crippen LogP contribution in [0.3, 0.4) is 0 Å². The lowest BCUT2D eigenvalue weighted by Crippen LogP contribution is -2.28. The van der Waals surface area contributed by atoms with Gasteiger partial charge in [-0.1, -0.05) is 11.6 Å². The monoisotopic (exact) mass is 297 g/mol. The molecule has 1 N–H and O–H groups in total. The molecule has 0 spiro atoms. The summed E-state index contributed by atoms with van der Waals surface area (Å²) in [6.45, 7) is 2.55. The second-order valence-corrected chi connectivity index (χ2v) is 5.21. The summed E-state index contributed by atoms with van der Waals surface area (Å²) in [6, 6.07) is 0. The molecule has 1 aliphatic heterocycles. The maximum Gasteiger partial charge on any atom is 0.308 e. The molecule has 1 amide bonds. The molecule has 1 aromatic rings.